The molecule has 0 spiro atoms. The van der Waals surface area contributed by atoms with Crippen molar-refractivity contribution in [2.24, 2.45) is 0 Å². The van der Waals surface area contributed by atoms with Crippen LogP contribution in [0.3, 0.4) is 0 Å². The summed E-state index contributed by atoms with van der Waals surface area (Å²) < 4.78 is 0. The van der Waals surface area contributed by atoms with Crippen molar-refractivity contribution in [3.05, 3.63) is 30.1 Å². The molecule has 0 saturated carbocycles. The van der Waals surface area contributed by atoms with E-state index in [2.05, 4.69) is 9.88 Å². The summed E-state index contributed by atoms with van der Waals surface area (Å²) >= 11 is 0. The highest BCUT2D eigenvalue weighted by Gasteiger charge is 2.46. The Morgan fingerprint density at radius 1 is 1.56 bits per heavy atom. The van der Waals surface area contributed by atoms with E-state index in [-0.39, 0.29) is 0 Å². The van der Waals surface area contributed by atoms with Crippen LogP contribution < -0.4 is 0 Å². The number of carboxylic acids is 1. The Balaban J connectivity index is 2.18. The van der Waals surface area contributed by atoms with Crippen LogP contribution in [0.5, 0.6) is 0 Å². The van der Waals surface area contributed by atoms with Crippen LogP contribution in [0.1, 0.15) is 38.3 Å². The molecule has 1 N–H and O–H groups in total. The molecule has 0 amide bonds. The van der Waals surface area contributed by atoms with E-state index < -0.39 is 11.5 Å². The van der Waals surface area contributed by atoms with Crippen molar-refractivity contribution in [3.8, 4) is 0 Å². The van der Waals surface area contributed by atoms with Gasteiger partial charge in [-0.15, -0.1) is 0 Å². The maximum atomic E-state index is 11.7. The lowest BCUT2D eigenvalue weighted by Crippen LogP contribution is -2.50. The van der Waals surface area contributed by atoms with E-state index in [9.17, 15) is 9.90 Å². The van der Waals surface area contributed by atoms with Gasteiger partial charge in [-0.05, 0) is 37.9 Å². The molecule has 18 heavy (non-hydrogen) atoms. The quantitative estimate of drug-likeness (QED) is 0.868. The van der Waals surface area contributed by atoms with Crippen LogP contribution >= 0.6 is 0 Å². The van der Waals surface area contributed by atoms with Gasteiger partial charge in [0.15, 0.2) is 0 Å². The summed E-state index contributed by atoms with van der Waals surface area (Å²) in [6.07, 6.45) is 5.08. The molecule has 1 fully saturated rings. The number of likely N-dealkylation sites (tertiary alicyclic amines) is 1. The van der Waals surface area contributed by atoms with Crippen LogP contribution in [0.25, 0.3) is 0 Å². The lowest BCUT2D eigenvalue weighted by atomic mass is 9.90. The van der Waals surface area contributed by atoms with E-state index in [0.717, 1.165) is 37.9 Å². The molecule has 4 nitrogen and oxygen atoms in total. The Labute approximate surface area is 108 Å². The van der Waals surface area contributed by atoms with Gasteiger partial charge in [-0.1, -0.05) is 19.4 Å². The molecule has 1 aromatic rings. The summed E-state index contributed by atoms with van der Waals surface area (Å²) in [7, 11) is 0. The van der Waals surface area contributed by atoms with Gasteiger partial charge in [0, 0.05) is 12.7 Å². The normalized spacial score (nSPS) is 24.3. The predicted molar refractivity (Wildman–Crippen MR) is 69.2 cm³/mol. The molecule has 0 radical (unpaired) electrons. The average molecular weight is 248 g/mol. The van der Waals surface area contributed by atoms with Crippen molar-refractivity contribution >= 4 is 5.97 Å². The molecular formula is C14H20N2O2. The molecule has 2 heterocycles. The molecule has 1 aliphatic rings. The van der Waals surface area contributed by atoms with Crippen molar-refractivity contribution in [1.82, 2.24) is 9.88 Å². The third-order valence-corrected chi connectivity index (χ3v) is 3.76. The molecule has 1 atom stereocenters. The van der Waals surface area contributed by atoms with E-state index in [1.807, 2.05) is 25.1 Å². The van der Waals surface area contributed by atoms with E-state index in [4.69, 9.17) is 0 Å². The molecule has 1 unspecified atom stereocenters. The fourth-order valence-corrected chi connectivity index (χ4v) is 2.90. The van der Waals surface area contributed by atoms with Gasteiger partial charge in [-0.25, -0.2) is 0 Å². The van der Waals surface area contributed by atoms with Gasteiger partial charge >= 0.3 is 5.97 Å². The first-order valence-electron chi connectivity index (χ1n) is 6.57. The maximum absolute atomic E-state index is 11.7. The summed E-state index contributed by atoms with van der Waals surface area (Å²) in [5.41, 5.74) is 0.271. The SMILES string of the molecule is CCCC1(C(=O)O)CCCN1Cc1ccccn1. The minimum absolute atomic E-state index is 0.632. The highest BCUT2D eigenvalue weighted by atomic mass is 16.4. The van der Waals surface area contributed by atoms with E-state index in [1.54, 1.807) is 6.20 Å². The van der Waals surface area contributed by atoms with Crippen molar-refractivity contribution in [2.45, 2.75) is 44.7 Å². The lowest BCUT2D eigenvalue weighted by Gasteiger charge is -2.34. The Morgan fingerprint density at radius 2 is 2.39 bits per heavy atom. The maximum Gasteiger partial charge on any atom is 0.324 e. The van der Waals surface area contributed by atoms with Crippen LogP contribution in [-0.2, 0) is 11.3 Å². The molecule has 1 aliphatic heterocycles. The number of hydrogen-bond acceptors (Lipinski definition) is 3. The number of aromatic nitrogens is 1. The van der Waals surface area contributed by atoms with Gasteiger partial charge < -0.3 is 5.11 Å². The summed E-state index contributed by atoms with van der Waals surface area (Å²) in [4.78, 5) is 18.0. The third-order valence-electron chi connectivity index (χ3n) is 3.76. The Bertz CT molecular complexity index is 408. The number of nitrogens with zero attached hydrogens (tertiary/aromatic N) is 2. The Hall–Kier alpha value is -1.42. The largest absolute Gasteiger partial charge is 0.480 e. The van der Waals surface area contributed by atoms with E-state index in [1.165, 1.54) is 0 Å². The average Bonchev–Trinajstić information content (AvgIpc) is 2.75. The van der Waals surface area contributed by atoms with Gasteiger partial charge in [0.25, 0.3) is 0 Å². The predicted octanol–water partition coefficient (Wildman–Crippen LogP) is 2.30. The van der Waals surface area contributed by atoms with E-state index in [0.29, 0.717) is 6.54 Å². The summed E-state index contributed by atoms with van der Waals surface area (Å²) in [6.45, 7) is 3.53. The number of rotatable bonds is 5. The minimum atomic E-state index is -0.683. The van der Waals surface area contributed by atoms with Crippen LogP contribution in [0, 0.1) is 0 Å². The second kappa shape index (κ2) is 5.48. The summed E-state index contributed by atoms with van der Waals surface area (Å²) in [5, 5.41) is 9.58. The first-order chi connectivity index (χ1) is 8.69. The fourth-order valence-electron chi connectivity index (χ4n) is 2.90. The molecular weight excluding hydrogens is 228 g/mol. The molecule has 0 aromatic carbocycles. The van der Waals surface area contributed by atoms with Crippen LogP contribution in [-0.4, -0.2) is 33.0 Å². The molecule has 0 aliphatic carbocycles. The molecule has 2 rings (SSSR count). The molecule has 1 saturated heterocycles. The molecule has 1 aromatic heterocycles. The smallest absolute Gasteiger partial charge is 0.324 e. The first-order valence-corrected chi connectivity index (χ1v) is 6.57. The van der Waals surface area contributed by atoms with Gasteiger partial charge in [-0.3, -0.25) is 14.7 Å². The highest BCUT2D eigenvalue weighted by molar-refractivity contribution is 5.79. The zero-order valence-electron chi connectivity index (χ0n) is 10.8. The van der Waals surface area contributed by atoms with Gasteiger partial charge in [0.05, 0.1) is 5.69 Å². The second-order valence-corrected chi connectivity index (χ2v) is 4.93. The van der Waals surface area contributed by atoms with Crippen LogP contribution in [0.4, 0.5) is 0 Å². The fraction of sp³-hybridized carbons (Fsp3) is 0.571. The zero-order valence-corrected chi connectivity index (χ0v) is 10.8. The van der Waals surface area contributed by atoms with E-state index >= 15 is 0 Å². The number of carbonyl (C=O) groups is 1. The first kappa shape index (κ1) is 13.0. The lowest BCUT2D eigenvalue weighted by molar-refractivity contribution is -0.150. The van der Waals surface area contributed by atoms with Crippen molar-refractivity contribution in [2.75, 3.05) is 6.54 Å². The van der Waals surface area contributed by atoms with Crippen molar-refractivity contribution in [3.63, 3.8) is 0 Å². The minimum Gasteiger partial charge on any atom is -0.480 e. The number of hydrogen-bond donors (Lipinski definition) is 1. The van der Waals surface area contributed by atoms with Crippen LogP contribution in [0.15, 0.2) is 24.4 Å². The number of pyridine rings is 1. The Morgan fingerprint density at radius 3 is 3.00 bits per heavy atom. The monoisotopic (exact) mass is 248 g/mol. The van der Waals surface area contributed by atoms with Crippen molar-refractivity contribution < 1.29 is 9.90 Å². The molecule has 4 heteroatoms. The summed E-state index contributed by atoms with van der Waals surface area (Å²) in [6, 6.07) is 5.78. The van der Waals surface area contributed by atoms with Gasteiger partial charge in [0.2, 0.25) is 0 Å². The van der Waals surface area contributed by atoms with Gasteiger partial charge in [0.1, 0.15) is 5.54 Å². The number of aliphatic carboxylic acids is 1. The molecule has 98 valence electrons. The summed E-state index contributed by atoms with van der Waals surface area (Å²) in [5.74, 6) is -0.683. The standard InChI is InChI=1S/C14H20N2O2/c1-2-7-14(13(17)18)8-5-10-16(14)11-12-6-3-4-9-15-12/h3-4,6,9H,2,5,7-8,10-11H2,1H3,(H,17,18). The zero-order chi connectivity index (χ0) is 13.0. The topological polar surface area (TPSA) is 53.4 Å². The Kier molecular flexibility index (Phi) is 3.97. The highest BCUT2D eigenvalue weighted by Crippen LogP contribution is 2.34. The second-order valence-electron chi connectivity index (χ2n) is 4.93. The number of carboxylic acid groups (broad SMARTS) is 1. The molecule has 0 bridgehead atoms. The van der Waals surface area contributed by atoms with Crippen LogP contribution in [0.2, 0.25) is 0 Å². The van der Waals surface area contributed by atoms with Crippen molar-refractivity contribution in [1.29, 1.82) is 0 Å². The third kappa shape index (κ3) is 2.38. The van der Waals surface area contributed by atoms with Gasteiger partial charge in [-0.2, -0.15) is 0 Å².